The van der Waals surface area contributed by atoms with Gasteiger partial charge < -0.3 is 10.6 Å². The summed E-state index contributed by atoms with van der Waals surface area (Å²) in [6.07, 6.45) is 3.00. The number of nitrogens with one attached hydrogen (secondary N) is 2. The molecule has 4 aromatic rings. The molecule has 0 atom stereocenters. The van der Waals surface area contributed by atoms with Gasteiger partial charge in [-0.05, 0) is 50.2 Å². The van der Waals surface area contributed by atoms with E-state index >= 15 is 0 Å². The van der Waals surface area contributed by atoms with E-state index in [4.69, 9.17) is 0 Å². The number of amides is 1. The number of pyridine rings is 1. The van der Waals surface area contributed by atoms with Crippen molar-refractivity contribution in [3.05, 3.63) is 83.4 Å². The fraction of sp³-hybridized carbons (Fsp3) is 0.0909. The molecule has 0 saturated carbocycles. The summed E-state index contributed by atoms with van der Waals surface area (Å²) in [6, 6.07) is 16.2. The second kappa shape index (κ2) is 8.42. The average molecular weight is 410 g/mol. The van der Waals surface area contributed by atoms with Crippen LogP contribution >= 0.6 is 0 Å². The number of rotatable bonds is 5. The van der Waals surface area contributed by atoms with Crippen LogP contribution in [0.5, 0.6) is 0 Å². The molecular formula is C22H18N8O. The quantitative estimate of drug-likeness (QED) is 0.516. The lowest BCUT2D eigenvalue weighted by Gasteiger charge is -2.10. The molecule has 0 aliphatic rings. The first-order valence-electron chi connectivity index (χ1n) is 9.44. The fourth-order valence-corrected chi connectivity index (χ4v) is 3.03. The molecule has 0 bridgehead atoms. The second-order valence-corrected chi connectivity index (χ2v) is 6.75. The maximum atomic E-state index is 12.9. The molecule has 4 rings (SSSR count). The van der Waals surface area contributed by atoms with E-state index in [9.17, 15) is 10.1 Å². The Hall–Kier alpha value is -4.58. The van der Waals surface area contributed by atoms with Gasteiger partial charge in [0.2, 0.25) is 5.95 Å². The van der Waals surface area contributed by atoms with Gasteiger partial charge in [-0.25, -0.2) is 15.0 Å². The molecule has 0 radical (unpaired) electrons. The highest BCUT2D eigenvalue weighted by Gasteiger charge is 2.17. The lowest BCUT2D eigenvalue weighted by Crippen LogP contribution is -2.16. The van der Waals surface area contributed by atoms with Crippen LogP contribution in [0.1, 0.15) is 27.3 Å². The third-order valence-corrected chi connectivity index (χ3v) is 4.35. The zero-order chi connectivity index (χ0) is 21.8. The van der Waals surface area contributed by atoms with E-state index in [1.807, 2.05) is 32.0 Å². The third kappa shape index (κ3) is 4.38. The van der Waals surface area contributed by atoms with Crippen LogP contribution in [0, 0.1) is 25.2 Å². The Balaban J connectivity index is 1.60. The van der Waals surface area contributed by atoms with E-state index in [2.05, 4.69) is 30.7 Å². The topological polar surface area (TPSA) is 121 Å². The molecule has 0 fully saturated rings. The number of hydrogen-bond acceptors (Lipinski definition) is 7. The van der Waals surface area contributed by atoms with Crippen molar-refractivity contribution in [1.29, 1.82) is 5.26 Å². The molecule has 9 heteroatoms. The molecule has 0 aliphatic carbocycles. The highest BCUT2D eigenvalue weighted by molar-refractivity contribution is 6.05. The van der Waals surface area contributed by atoms with Crippen LogP contribution in [-0.2, 0) is 0 Å². The van der Waals surface area contributed by atoms with Crippen molar-refractivity contribution in [2.24, 2.45) is 0 Å². The largest absolute Gasteiger partial charge is 0.324 e. The zero-order valence-electron chi connectivity index (χ0n) is 16.9. The van der Waals surface area contributed by atoms with Crippen LogP contribution in [0.2, 0.25) is 0 Å². The molecule has 2 N–H and O–H groups in total. The Morgan fingerprint density at radius 1 is 1.06 bits per heavy atom. The smallest absolute Gasteiger partial charge is 0.256 e. The first kappa shape index (κ1) is 19.7. The monoisotopic (exact) mass is 410 g/mol. The Morgan fingerprint density at radius 3 is 2.58 bits per heavy atom. The average Bonchev–Trinajstić information content (AvgIpc) is 3.16. The molecule has 3 heterocycles. The van der Waals surface area contributed by atoms with Gasteiger partial charge in [-0.1, -0.05) is 12.1 Å². The van der Waals surface area contributed by atoms with Crippen LogP contribution in [0.3, 0.4) is 0 Å². The van der Waals surface area contributed by atoms with Gasteiger partial charge in [0.1, 0.15) is 11.6 Å². The minimum Gasteiger partial charge on any atom is -0.324 e. The number of benzene rings is 1. The van der Waals surface area contributed by atoms with Crippen LogP contribution in [-0.4, -0.2) is 30.6 Å². The summed E-state index contributed by atoms with van der Waals surface area (Å²) in [6.45, 7) is 3.78. The van der Waals surface area contributed by atoms with Gasteiger partial charge in [0.15, 0.2) is 11.6 Å². The molecule has 9 nitrogen and oxygen atoms in total. The molecule has 0 aliphatic heterocycles. The summed E-state index contributed by atoms with van der Waals surface area (Å²) in [5.74, 6) is 0.804. The number of aryl methyl sites for hydroxylation is 2. The Morgan fingerprint density at radius 2 is 1.87 bits per heavy atom. The summed E-state index contributed by atoms with van der Waals surface area (Å²) in [5, 5.41) is 19.5. The number of nitriles is 1. The zero-order valence-corrected chi connectivity index (χ0v) is 16.9. The first-order valence-corrected chi connectivity index (χ1v) is 9.44. The van der Waals surface area contributed by atoms with Crippen LogP contribution in [0.15, 0.2) is 60.9 Å². The Kier molecular flexibility index (Phi) is 5.36. The first-order chi connectivity index (χ1) is 15.0. The standard InChI is InChI=1S/C22H18N8O/c1-14-10-15(2)27-22(26-14)28-18-7-5-6-16(11-18)21(31)29-20-17(12-23)13-25-30(20)19-8-3-4-9-24-19/h3-11,13H,1-2H3,(H,29,31)(H,26,27,28). The van der Waals surface area contributed by atoms with E-state index in [1.165, 1.54) is 10.9 Å². The number of aromatic nitrogens is 5. The second-order valence-electron chi connectivity index (χ2n) is 6.75. The van der Waals surface area contributed by atoms with E-state index < -0.39 is 0 Å². The molecule has 3 aromatic heterocycles. The summed E-state index contributed by atoms with van der Waals surface area (Å²) in [4.78, 5) is 25.9. The Bertz CT molecular complexity index is 1270. The van der Waals surface area contributed by atoms with E-state index in [0.29, 0.717) is 23.0 Å². The van der Waals surface area contributed by atoms with Gasteiger partial charge in [0, 0.05) is 28.8 Å². The van der Waals surface area contributed by atoms with Crippen molar-refractivity contribution in [2.75, 3.05) is 10.6 Å². The van der Waals surface area contributed by atoms with Crippen molar-refractivity contribution >= 4 is 23.4 Å². The van der Waals surface area contributed by atoms with Crippen molar-refractivity contribution in [2.45, 2.75) is 13.8 Å². The predicted octanol–water partition coefficient (Wildman–Crippen LogP) is 3.54. The predicted molar refractivity (Wildman–Crippen MR) is 115 cm³/mol. The van der Waals surface area contributed by atoms with Crippen molar-refractivity contribution in [3.8, 4) is 11.9 Å². The van der Waals surface area contributed by atoms with Crippen LogP contribution in [0.25, 0.3) is 5.82 Å². The number of hydrogen-bond donors (Lipinski definition) is 2. The highest BCUT2D eigenvalue weighted by Crippen LogP contribution is 2.21. The van der Waals surface area contributed by atoms with Crippen LogP contribution < -0.4 is 10.6 Å². The molecule has 31 heavy (non-hydrogen) atoms. The fourth-order valence-electron chi connectivity index (χ4n) is 3.03. The molecule has 0 saturated heterocycles. The van der Waals surface area contributed by atoms with Gasteiger partial charge in [-0.3, -0.25) is 4.79 Å². The summed E-state index contributed by atoms with van der Waals surface area (Å²) in [7, 11) is 0. The number of anilines is 3. The van der Waals surface area contributed by atoms with Gasteiger partial charge in [0.05, 0.1) is 6.20 Å². The van der Waals surface area contributed by atoms with Crippen molar-refractivity contribution in [3.63, 3.8) is 0 Å². The number of carbonyl (C=O) groups is 1. The molecular weight excluding hydrogens is 392 g/mol. The van der Waals surface area contributed by atoms with Crippen molar-refractivity contribution in [1.82, 2.24) is 24.7 Å². The summed E-state index contributed by atoms with van der Waals surface area (Å²) in [5.41, 5.74) is 2.98. The normalized spacial score (nSPS) is 10.4. The summed E-state index contributed by atoms with van der Waals surface area (Å²) >= 11 is 0. The minimum atomic E-state index is -0.390. The molecule has 0 spiro atoms. The van der Waals surface area contributed by atoms with Gasteiger partial charge in [-0.15, -0.1) is 0 Å². The molecule has 1 aromatic carbocycles. The van der Waals surface area contributed by atoms with Gasteiger partial charge in [0.25, 0.3) is 5.91 Å². The van der Waals surface area contributed by atoms with Crippen molar-refractivity contribution < 1.29 is 4.79 Å². The Labute approximate surface area is 178 Å². The SMILES string of the molecule is Cc1cc(C)nc(Nc2cccc(C(=O)Nc3c(C#N)cnn3-c3ccccn3)c2)n1. The number of carbonyl (C=O) groups excluding carboxylic acids is 1. The lowest BCUT2D eigenvalue weighted by atomic mass is 10.2. The van der Waals surface area contributed by atoms with Gasteiger partial charge in [-0.2, -0.15) is 15.0 Å². The molecule has 1 amide bonds. The highest BCUT2D eigenvalue weighted by atomic mass is 16.1. The maximum absolute atomic E-state index is 12.9. The van der Waals surface area contributed by atoms with E-state index in [1.54, 1.807) is 42.6 Å². The maximum Gasteiger partial charge on any atom is 0.256 e. The van der Waals surface area contributed by atoms with E-state index in [-0.39, 0.29) is 17.3 Å². The van der Waals surface area contributed by atoms with Gasteiger partial charge >= 0.3 is 0 Å². The van der Waals surface area contributed by atoms with E-state index in [0.717, 1.165) is 11.4 Å². The number of nitrogens with zero attached hydrogens (tertiary/aromatic N) is 6. The van der Waals surface area contributed by atoms with Crippen LogP contribution in [0.4, 0.5) is 17.5 Å². The molecule has 0 unspecified atom stereocenters. The lowest BCUT2D eigenvalue weighted by molar-refractivity contribution is 0.102. The third-order valence-electron chi connectivity index (χ3n) is 4.35. The minimum absolute atomic E-state index is 0.233. The summed E-state index contributed by atoms with van der Waals surface area (Å²) < 4.78 is 1.42. The molecule has 152 valence electrons.